The number of fused-ring (bicyclic) bond motifs is 1. The van der Waals surface area contributed by atoms with Crippen LogP contribution < -0.4 is 5.32 Å². The molecular weight excluding hydrogens is 268 g/mol. The Bertz CT molecular complexity index is 673. The monoisotopic (exact) mass is 288 g/mol. The van der Waals surface area contributed by atoms with Crippen LogP contribution in [0.5, 0.6) is 0 Å². The molecule has 1 aliphatic rings. The fourth-order valence-corrected chi connectivity index (χ4v) is 2.93. The van der Waals surface area contributed by atoms with Gasteiger partial charge in [0.1, 0.15) is 0 Å². The summed E-state index contributed by atoms with van der Waals surface area (Å²) in [5.74, 6) is -0.160. The number of carbonyl (C=O) groups excluding carboxylic acids is 1. The minimum absolute atomic E-state index is 0.160. The van der Waals surface area contributed by atoms with Gasteiger partial charge < -0.3 is 15.3 Å². The van der Waals surface area contributed by atoms with Crippen LogP contribution in [0, 0.1) is 0 Å². The number of para-hydroxylation sites is 1. The van der Waals surface area contributed by atoms with Gasteiger partial charge in [0, 0.05) is 26.0 Å². The van der Waals surface area contributed by atoms with E-state index < -0.39 is 5.60 Å². The molecule has 1 aromatic heterocycles. The van der Waals surface area contributed by atoms with E-state index in [4.69, 9.17) is 0 Å². The van der Waals surface area contributed by atoms with Gasteiger partial charge in [-0.05, 0) is 19.0 Å². The van der Waals surface area contributed by atoms with Crippen LogP contribution in [0.2, 0.25) is 0 Å². The molecule has 0 spiro atoms. The van der Waals surface area contributed by atoms with E-state index in [0.29, 0.717) is 25.2 Å². The van der Waals surface area contributed by atoms with Gasteiger partial charge in [-0.1, -0.05) is 18.2 Å². The number of carbonyl (C=O) groups is 1. The van der Waals surface area contributed by atoms with Crippen LogP contribution in [0.3, 0.4) is 0 Å². The first kappa shape index (κ1) is 14.0. The zero-order valence-corrected chi connectivity index (χ0v) is 12.3. The van der Waals surface area contributed by atoms with Gasteiger partial charge in [0.25, 0.3) is 5.91 Å². The molecule has 0 saturated carbocycles. The number of rotatable bonds is 3. The van der Waals surface area contributed by atoms with Crippen molar-refractivity contribution in [3.05, 3.63) is 30.0 Å². The summed E-state index contributed by atoms with van der Waals surface area (Å²) < 4.78 is 1.71. The lowest BCUT2D eigenvalue weighted by atomic mass is 10.0. The Hall–Kier alpha value is -1.92. The van der Waals surface area contributed by atoms with E-state index in [-0.39, 0.29) is 5.91 Å². The third-order valence-corrected chi connectivity index (χ3v) is 4.06. The summed E-state index contributed by atoms with van der Waals surface area (Å²) in [5, 5.41) is 18.7. The molecule has 1 fully saturated rings. The number of nitrogens with one attached hydrogen (secondary N) is 1. The number of likely N-dealkylation sites (N-methyl/N-ethyl adjacent to an activating group) is 1. The van der Waals surface area contributed by atoms with Crippen LogP contribution in [-0.4, -0.2) is 58.0 Å². The number of β-amino-alcohol motifs (C(OH)–C–C–N with tert-alkyl or cyclic N) is 1. The summed E-state index contributed by atoms with van der Waals surface area (Å²) in [6.07, 6.45) is 0.660. The zero-order chi connectivity index (χ0) is 15.0. The first-order valence-electron chi connectivity index (χ1n) is 7.10. The zero-order valence-electron chi connectivity index (χ0n) is 12.3. The van der Waals surface area contributed by atoms with Crippen molar-refractivity contribution in [1.82, 2.24) is 20.0 Å². The standard InChI is InChI=1S/C15H20N4O2/c1-18(10-15(21)7-8-16-9-15)14(20)13-11-5-3-4-6-12(11)19(2)17-13/h3-6,16,21H,7-10H2,1-2H3. The molecule has 0 aliphatic carbocycles. The lowest BCUT2D eigenvalue weighted by Gasteiger charge is -2.27. The maximum absolute atomic E-state index is 12.6. The van der Waals surface area contributed by atoms with Gasteiger partial charge in [0.05, 0.1) is 17.7 Å². The number of amides is 1. The van der Waals surface area contributed by atoms with Gasteiger partial charge in [0.2, 0.25) is 0 Å². The average Bonchev–Trinajstić information content (AvgIpc) is 3.03. The molecule has 2 N–H and O–H groups in total. The number of aliphatic hydroxyl groups is 1. The summed E-state index contributed by atoms with van der Waals surface area (Å²) in [5.41, 5.74) is 0.523. The van der Waals surface area contributed by atoms with Gasteiger partial charge in [-0.25, -0.2) is 0 Å². The second-order valence-electron chi connectivity index (χ2n) is 5.80. The van der Waals surface area contributed by atoms with Crippen molar-refractivity contribution in [1.29, 1.82) is 0 Å². The van der Waals surface area contributed by atoms with Crippen LogP contribution in [-0.2, 0) is 7.05 Å². The number of nitrogens with zero attached hydrogens (tertiary/aromatic N) is 3. The van der Waals surface area contributed by atoms with Crippen molar-refractivity contribution >= 4 is 16.8 Å². The second kappa shape index (κ2) is 5.13. The summed E-state index contributed by atoms with van der Waals surface area (Å²) in [4.78, 5) is 14.2. The van der Waals surface area contributed by atoms with Crippen molar-refractivity contribution in [2.75, 3.05) is 26.7 Å². The van der Waals surface area contributed by atoms with Crippen molar-refractivity contribution in [3.8, 4) is 0 Å². The molecular formula is C15H20N4O2. The van der Waals surface area contributed by atoms with Crippen molar-refractivity contribution in [2.24, 2.45) is 7.05 Å². The van der Waals surface area contributed by atoms with E-state index in [1.54, 1.807) is 16.6 Å². The van der Waals surface area contributed by atoms with Crippen molar-refractivity contribution in [2.45, 2.75) is 12.0 Å². The summed E-state index contributed by atoms with van der Waals surface area (Å²) in [6, 6.07) is 7.66. The highest BCUT2D eigenvalue weighted by Crippen LogP contribution is 2.21. The fourth-order valence-electron chi connectivity index (χ4n) is 2.93. The Kier molecular flexibility index (Phi) is 3.43. The molecule has 1 atom stereocenters. The smallest absolute Gasteiger partial charge is 0.274 e. The lowest BCUT2D eigenvalue weighted by Crippen LogP contribution is -2.45. The van der Waals surface area contributed by atoms with Crippen LogP contribution in [0.15, 0.2) is 24.3 Å². The van der Waals surface area contributed by atoms with Gasteiger partial charge in [0.15, 0.2) is 5.69 Å². The number of hydrogen-bond donors (Lipinski definition) is 2. The first-order chi connectivity index (χ1) is 10.0. The summed E-state index contributed by atoms with van der Waals surface area (Å²) in [6.45, 7) is 1.61. The van der Waals surface area contributed by atoms with Crippen LogP contribution >= 0.6 is 0 Å². The number of hydrogen-bond acceptors (Lipinski definition) is 4. The van der Waals surface area contributed by atoms with Gasteiger partial charge in [-0.15, -0.1) is 0 Å². The molecule has 6 heteroatoms. The first-order valence-corrected chi connectivity index (χ1v) is 7.10. The molecule has 112 valence electrons. The van der Waals surface area contributed by atoms with Crippen LogP contribution in [0.4, 0.5) is 0 Å². The Morgan fingerprint density at radius 3 is 3.00 bits per heavy atom. The quantitative estimate of drug-likeness (QED) is 0.856. The predicted octanol–water partition coefficient (Wildman–Crippen LogP) is 0.370. The molecule has 1 saturated heterocycles. The van der Waals surface area contributed by atoms with Gasteiger partial charge in [-0.2, -0.15) is 5.10 Å². The van der Waals surface area contributed by atoms with Crippen molar-refractivity contribution in [3.63, 3.8) is 0 Å². The second-order valence-corrected chi connectivity index (χ2v) is 5.80. The third kappa shape index (κ3) is 2.52. The number of benzene rings is 1. The van der Waals surface area contributed by atoms with E-state index in [1.807, 2.05) is 31.3 Å². The Labute approximate surface area is 123 Å². The number of aromatic nitrogens is 2. The van der Waals surface area contributed by atoms with Crippen LogP contribution in [0.25, 0.3) is 10.9 Å². The Morgan fingerprint density at radius 1 is 1.52 bits per heavy atom. The Balaban J connectivity index is 1.86. The third-order valence-electron chi connectivity index (χ3n) is 4.06. The van der Waals surface area contributed by atoms with Gasteiger partial charge in [-0.3, -0.25) is 9.48 Å². The molecule has 0 radical (unpaired) electrons. The van der Waals surface area contributed by atoms with Crippen molar-refractivity contribution < 1.29 is 9.90 Å². The molecule has 1 amide bonds. The Morgan fingerprint density at radius 2 is 2.29 bits per heavy atom. The normalized spacial score (nSPS) is 21.9. The van der Waals surface area contributed by atoms with E-state index in [1.165, 1.54) is 0 Å². The minimum atomic E-state index is -0.838. The predicted molar refractivity (Wildman–Crippen MR) is 80.1 cm³/mol. The maximum Gasteiger partial charge on any atom is 0.274 e. The fraction of sp³-hybridized carbons (Fsp3) is 0.467. The molecule has 1 aromatic carbocycles. The van der Waals surface area contributed by atoms with E-state index in [0.717, 1.165) is 17.4 Å². The molecule has 3 rings (SSSR count). The molecule has 6 nitrogen and oxygen atoms in total. The van der Waals surface area contributed by atoms with E-state index >= 15 is 0 Å². The van der Waals surface area contributed by atoms with E-state index in [2.05, 4.69) is 10.4 Å². The molecule has 2 heterocycles. The average molecular weight is 288 g/mol. The number of aryl methyl sites for hydroxylation is 1. The van der Waals surface area contributed by atoms with Gasteiger partial charge >= 0.3 is 0 Å². The van der Waals surface area contributed by atoms with E-state index in [9.17, 15) is 9.90 Å². The molecule has 1 aliphatic heterocycles. The molecule has 0 bridgehead atoms. The minimum Gasteiger partial charge on any atom is -0.387 e. The largest absolute Gasteiger partial charge is 0.387 e. The maximum atomic E-state index is 12.6. The highest BCUT2D eigenvalue weighted by Gasteiger charge is 2.34. The highest BCUT2D eigenvalue weighted by molar-refractivity contribution is 6.04. The topological polar surface area (TPSA) is 70.4 Å². The summed E-state index contributed by atoms with van der Waals surface area (Å²) >= 11 is 0. The molecule has 1 unspecified atom stereocenters. The van der Waals surface area contributed by atoms with Crippen LogP contribution in [0.1, 0.15) is 16.9 Å². The molecule has 21 heavy (non-hydrogen) atoms. The molecule has 2 aromatic rings. The SMILES string of the molecule is CN(CC1(O)CCNC1)C(=O)c1nn(C)c2ccccc12. The summed E-state index contributed by atoms with van der Waals surface area (Å²) in [7, 11) is 3.54. The lowest BCUT2D eigenvalue weighted by molar-refractivity contribution is 0.0250. The highest BCUT2D eigenvalue weighted by atomic mass is 16.3.